The summed E-state index contributed by atoms with van der Waals surface area (Å²) in [6, 6.07) is 21.7. The number of hydrogen-bond donors (Lipinski definition) is 2. The van der Waals surface area contributed by atoms with E-state index in [1.165, 1.54) is 0 Å². The third-order valence-corrected chi connectivity index (χ3v) is 6.59. The normalized spacial score (nSPS) is 11.3. The van der Waals surface area contributed by atoms with Crippen molar-refractivity contribution in [3.8, 4) is 0 Å². The molecule has 3 rings (SSSR count). The summed E-state index contributed by atoms with van der Waals surface area (Å²) >= 11 is 18.3. The Balaban J connectivity index is 1.62. The monoisotopic (exact) mass is 619 g/mol. The zero-order chi connectivity index (χ0) is 29.5. The van der Waals surface area contributed by atoms with Gasteiger partial charge in [0.05, 0.1) is 10.7 Å². The van der Waals surface area contributed by atoms with Crippen LogP contribution in [0.5, 0.6) is 0 Å². The Morgan fingerprint density at radius 2 is 1.39 bits per heavy atom. The van der Waals surface area contributed by atoms with Crippen molar-refractivity contribution < 1.29 is 23.9 Å². The Bertz CT molecular complexity index is 1260. The van der Waals surface area contributed by atoms with Crippen LogP contribution in [0.15, 0.2) is 78.9 Å². The Hall–Kier alpha value is -3.46. The van der Waals surface area contributed by atoms with Crippen molar-refractivity contribution in [2.24, 2.45) is 0 Å². The molecule has 8 nitrogen and oxygen atoms in total. The number of rotatable bonds is 15. The first-order chi connectivity index (χ1) is 19.9. The summed E-state index contributed by atoms with van der Waals surface area (Å²) in [5.41, 5.74) is 2.77. The minimum Gasteiger partial charge on any atom is -0.461 e. The molecule has 0 bridgehead atoms. The number of halogens is 3. The summed E-state index contributed by atoms with van der Waals surface area (Å²) in [7, 11) is 0. The molecule has 3 aromatic rings. The highest BCUT2D eigenvalue weighted by atomic mass is 35.5. The third kappa shape index (κ3) is 11.1. The van der Waals surface area contributed by atoms with Crippen LogP contribution >= 0.6 is 34.8 Å². The molecule has 2 N–H and O–H groups in total. The van der Waals surface area contributed by atoms with Crippen LogP contribution in [-0.2, 0) is 32.3 Å². The molecule has 218 valence electrons. The summed E-state index contributed by atoms with van der Waals surface area (Å²) in [5.74, 6) is -0.377. The van der Waals surface area contributed by atoms with E-state index < -0.39 is 24.0 Å². The van der Waals surface area contributed by atoms with Crippen molar-refractivity contribution >= 4 is 64.1 Å². The number of anilines is 2. The number of nitrogens with zero attached hydrogens (tertiary/aromatic N) is 1. The van der Waals surface area contributed by atoms with Crippen LogP contribution in [0.1, 0.15) is 24.0 Å². The molecule has 2 amide bonds. The summed E-state index contributed by atoms with van der Waals surface area (Å²) in [6.07, 6.45) is -0.115. The molecule has 0 fully saturated rings. The van der Waals surface area contributed by atoms with Gasteiger partial charge in [0.25, 0.3) is 0 Å². The van der Waals surface area contributed by atoms with Crippen LogP contribution < -0.4 is 15.5 Å². The molecule has 0 aliphatic carbocycles. The SMILES string of the molecule is O=C(Nc1ccc(N(CCCl)CCCl)c(Cl)c1)N[C@@H](CCC(=O)OCc1ccccc1)C(=O)OCc1ccccc1. The molecule has 11 heteroatoms. The summed E-state index contributed by atoms with van der Waals surface area (Å²) in [4.78, 5) is 40.1. The van der Waals surface area contributed by atoms with Gasteiger partial charge in [0, 0.05) is 37.0 Å². The molecule has 0 aliphatic rings. The van der Waals surface area contributed by atoms with Crippen LogP contribution in [0.2, 0.25) is 5.02 Å². The van der Waals surface area contributed by atoms with Crippen molar-refractivity contribution in [1.82, 2.24) is 5.32 Å². The van der Waals surface area contributed by atoms with Gasteiger partial charge >= 0.3 is 18.0 Å². The number of amides is 2. The molecular formula is C30H32Cl3N3O5. The predicted molar refractivity (Wildman–Crippen MR) is 163 cm³/mol. The number of ether oxygens (including phenoxy) is 2. The molecule has 1 atom stereocenters. The van der Waals surface area contributed by atoms with Gasteiger partial charge in [0.1, 0.15) is 19.3 Å². The summed E-state index contributed by atoms with van der Waals surface area (Å²) in [5, 5.41) is 5.69. The van der Waals surface area contributed by atoms with Crippen molar-refractivity contribution in [2.45, 2.75) is 32.1 Å². The minimum atomic E-state index is -1.10. The lowest BCUT2D eigenvalue weighted by atomic mass is 10.1. The molecule has 0 saturated carbocycles. The molecule has 0 radical (unpaired) electrons. The van der Waals surface area contributed by atoms with Gasteiger partial charge in [-0.1, -0.05) is 72.3 Å². The number of carbonyl (C=O) groups excluding carboxylic acids is 3. The molecule has 0 heterocycles. The minimum absolute atomic E-state index is 0.0137. The van der Waals surface area contributed by atoms with Gasteiger partial charge < -0.3 is 25.0 Å². The second-order valence-electron chi connectivity index (χ2n) is 8.96. The molecule has 0 aromatic heterocycles. The first kappa shape index (κ1) is 32.1. The van der Waals surface area contributed by atoms with Gasteiger partial charge in [-0.05, 0) is 35.7 Å². The maximum Gasteiger partial charge on any atom is 0.329 e. The van der Waals surface area contributed by atoms with Gasteiger partial charge in [-0.15, -0.1) is 23.2 Å². The Labute approximate surface area is 254 Å². The van der Waals surface area contributed by atoms with Gasteiger partial charge in [0.15, 0.2) is 0 Å². The van der Waals surface area contributed by atoms with E-state index in [0.717, 1.165) is 16.8 Å². The lowest BCUT2D eigenvalue weighted by Crippen LogP contribution is -2.44. The predicted octanol–water partition coefficient (Wildman–Crippen LogP) is 6.38. The second-order valence-corrected chi connectivity index (χ2v) is 10.1. The lowest BCUT2D eigenvalue weighted by molar-refractivity contribution is -0.148. The van der Waals surface area contributed by atoms with Crippen molar-refractivity contribution in [3.05, 3.63) is 95.0 Å². The van der Waals surface area contributed by atoms with Crippen LogP contribution in [0, 0.1) is 0 Å². The maximum absolute atomic E-state index is 12.9. The van der Waals surface area contributed by atoms with E-state index in [9.17, 15) is 14.4 Å². The zero-order valence-electron chi connectivity index (χ0n) is 22.4. The van der Waals surface area contributed by atoms with Crippen LogP contribution in [-0.4, -0.2) is 48.9 Å². The largest absolute Gasteiger partial charge is 0.461 e. The number of urea groups is 1. The summed E-state index contributed by atoms with van der Waals surface area (Å²) in [6.45, 7) is 1.25. The first-order valence-electron chi connectivity index (χ1n) is 13.0. The number of hydrogen-bond acceptors (Lipinski definition) is 6. The maximum atomic E-state index is 12.9. The van der Waals surface area contributed by atoms with Crippen LogP contribution in [0.3, 0.4) is 0 Å². The van der Waals surface area contributed by atoms with Gasteiger partial charge in [-0.2, -0.15) is 0 Å². The number of esters is 2. The highest BCUT2D eigenvalue weighted by molar-refractivity contribution is 6.33. The fraction of sp³-hybridized carbons (Fsp3) is 0.300. The quantitative estimate of drug-likeness (QED) is 0.151. The van der Waals surface area contributed by atoms with Crippen LogP contribution in [0.4, 0.5) is 16.2 Å². The molecule has 0 spiro atoms. The average Bonchev–Trinajstić information content (AvgIpc) is 2.98. The third-order valence-electron chi connectivity index (χ3n) is 5.95. The highest BCUT2D eigenvalue weighted by Gasteiger charge is 2.24. The fourth-order valence-corrected chi connectivity index (χ4v) is 4.58. The number of carbonyl (C=O) groups is 3. The molecule has 3 aromatic carbocycles. The van der Waals surface area contributed by atoms with Crippen molar-refractivity contribution in [1.29, 1.82) is 0 Å². The van der Waals surface area contributed by atoms with Gasteiger partial charge in [-0.3, -0.25) is 4.79 Å². The topological polar surface area (TPSA) is 97.0 Å². The van der Waals surface area contributed by atoms with E-state index in [1.54, 1.807) is 18.2 Å². The summed E-state index contributed by atoms with van der Waals surface area (Å²) < 4.78 is 10.7. The molecule has 0 saturated heterocycles. The zero-order valence-corrected chi connectivity index (χ0v) is 24.6. The van der Waals surface area contributed by atoms with E-state index in [1.807, 2.05) is 65.6 Å². The van der Waals surface area contributed by atoms with Gasteiger partial charge in [-0.25, -0.2) is 9.59 Å². The first-order valence-corrected chi connectivity index (χ1v) is 14.5. The number of alkyl halides is 2. The molecule has 0 aliphatic heterocycles. The van der Waals surface area contributed by atoms with E-state index in [0.29, 0.717) is 35.6 Å². The van der Waals surface area contributed by atoms with Crippen LogP contribution in [0.25, 0.3) is 0 Å². The molecular weight excluding hydrogens is 589 g/mol. The molecule has 41 heavy (non-hydrogen) atoms. The average molecular weight is 621 g/mol. The van der Waals surface area contributed by atoms with Crippen molar-refractivity contribution in [3.63, 3.8) is 0 Å². The van der Waals surface area contributed by atoms with E-state index >= 15 is 0 Å². The Morgan fingerprint density at radius 3 is 1.95 bits per heavy atom. The van der Waals surface area contributed by atoms with E-state index in [2.05, 4.69) is 10.6 Å². The van der Waals surface area contributed by atoms with E-state index in [-0.39, 0.29) is 26.1 Å². The number of benzene rings is 3. The fourth-order valence-electron chi connectivity index (χ4n) is 3.87. The Kier molecular flexibility index (Phi) is 13.6. The van der Waals surface area contributed by atoms with Gasteiger partial charge in [0.2, 0.25) is 0 Å². The van der Waals surface area contributed by atoms with E-state index in [4.69, 9.17) is 44.3 Å². The Morgan fingerprint density at radius 1 is 0.805 bits per heavy atom. The second kappa shape index (κ2) is 17.4. The smallest absolute Gasteiger partial charge is 0.329 e. The molecule has 0 unspecified atom stereocenters. The number of nitrogens with one attached hydrogen (secondary N) is 2. The standard InChI is InChI=1S/C30H32Cl3N3O5/c31-15-17-36(18-16-32)27-13-11-24(19-25(27)33)34-30(39)35-26(29(38)41-21-23-9-5-2-6-10-23)12-14-28(37)40-20-22-7-3-1-4-8-22/h1-11,13,19,26H,12,14-18,20-21H2,(H2,34,35,39)/t26-/m0/s1. The van der Waals surface area contributed by atoms with Crippen molar-refractivity contribution in [2.75, 3.05) is 35.1 Å². The lowest BCUT2D eigenvalue weighted by Gasteiger charge is -2.24. The highest BCUT2D eigenvalue weighted by Crippen LogP contribution is 2.29.